The van der Waals surface area contributed by atoms with Gasteiger partial charge < -0.3 is 10.1 Å². The Kier molecular flexibility index (Phi) is 5.21. The molecular weight excluding hydrogens is 306 g/mol. The third kappa shape index (κ3) is 4.13. The van der Waals surface area contributed by atoms with Crippen LogP contribution in [0.5, 0.6) is 5.75 Å². The van der Waals surface area contributed by atoms with E-state index in [1.54, 1.807) is 36.4 Å². The van der Waals surface area contributed by atoms with Crippen molar-refractivity contribution in [1.82, 2.24) is 10.9 Å². The van der Waals surface area contributed by atoms with Crippen LogP contribution in [0, 0.1) is 0 Å². The average Bonchev–Trinajstić information content (AvgIpc) is 2.53. The van der Waals surface area contributed by atoms with Crippen LogP contribution in [-0.2, 0) is 0 Å². The minimum Gasteiger partial charge on any atom is -0.496 e. The number of rotatable bonds is 3. The van der Waals surface area contributed by atoms with Crippen molar-refractivity contribution in [2.24, 2.45) is 0 Å². The second-order valence-electron chi connectivity index (χ2n) is 4.24. The maximum absolute atomic E-state index is 12.0. The smallest absolute Gasteiger partial charge is 0.337 e. The first-order valence-electron chi connectivity index (χ1n) is 6.36. The van der Waals surface area contributed by atoms with Crippen molar-refractivity contribution in [2.45, 2.75) is 0 Å². The molecule has 3 N–H and O–H groups in total. The maximum Gasteiger partial charge on any atom is 0.337 e. The van der Waals surface area contributed by atoms with Gasteiger partial charge in [0.15, 0.2) is 0 Å². The molecule has 0 unspecified atom stereocenters. The number of hydrogen-bond donors (Lipinski definition) is 3. The number of nitrogens with one attached hydrogen (secondary N) is 3. The summed E-state index contributed by atoms with van der Waals surface area (Å²) in [5, 5.41) is 2.96. The zero-order chi connectivity index (χ0) is 15.9. The van der Waals surface area contributed by atoms with Crippen molar-refractivity contribution in [2.75, 3.05) is 12.4 Å². The molecule has 22 heavy (non-hydrogen) atoms. The molecule has 0 atom stereocenters. The molecule has 2 aromatic carbocycles. The molecule has 0 bridgehead atoms. The number of benzene rings is 2. The maximum atomic E-state index is 12.0. The number of hydrogen-bond acceptors (Lipinski definition) is 3. The fraction of sp³-hybridized carbons (Fsp3) is 0.0667. The number of anilines is 1. The monoisotopic (exact) mass is 319 g/mol. The molecule has 0 radical (unpaired) electrons. The van der Waals surface area contributed by atoms with E-state index in [4.69, 9.17) is 16.3 Å². The molecule has 114 valence electrons. The van der Waals surface area contributed by atoms with E-state index in [9.17, 15) is 9.59 Å². The molecule has 0 fully saturated rings. The molecule has 0 heterocycles. The molecule has 7 heteroatoms. The summed E-state index contributed by atoms with van der Waals surface area (Å²) in [4.78, 5) is 23.7. The van der Waals surface area contributed by atoms with E-state index in [0.29, 0.717) is 16.5 Å². The number of ether oxygens (including phenoxy) is 1. The number of halogens is 1. The SMILES string of the molecule is COc1ccc(Cl)cc1C(=O)NNC(=O)Nc1ccccc1. The molecule has 3 amide bonds. The Morgan fingerprint density at radius 2 is 1.77 bits per heavy atom. The molecular formula is C15H14ClN3O3. The van der Waals surface area contributed by atoms with Gasteiger partial charge in [-0.3, -0.25) is 10.2 Å². The number of methoxy groups -OCH3 is 1. The van der Waals surface area contributed by atoms with Gasteiger partial charge in [0.1, 0.15) is 5.75 Å². The number of amides is 3. The highest BCUT2D eigenvalue weighted by molar-refractivity contribution is 6.31. The van der Waals surface area contributed by atoms with Crippen molar-refractivity contribution < 1.29 is 14.3 Å². The van der Waals surface area contributed by atoms with Gasteiger partial charge in [0.05, 0.1) is 12.7 Å². The van der Waals surface area contributed by atoms with E-state index in [2.05, 4.69) is 16.2 Å². The van der Waals surface area contributed by atoms with Gasteiger partial charge in [0.25, 0.3) is 5.91 Å². The number of carbonyl (C=O) groups is 2. The zero-order valence-corrected chi connectivity index (χ0v) is 12.5. The largest absolute Gasteiger partial charge is 0.496 e. The molecule has 0 spiro atoms. The lowest BCUT2D eigenvalue weighted by Crippen LogP contribution is -2.44. The number of urea groups is 1. The summed E-state index contributed by atoms with van der Waals surface area (Å²) in [5.41, 5.74) is 5.36. The van der Waals surface area contributed by atoms with E-state index in [0.717, 1.165) is 0 Å². The van der Waals surface area contributed by atoms with Crippen molar-refractivity contribution in [3.63, 3.8) is 0 Å². The molecule has 2 rings (SSSR count). The van der Waals surface area contributed by atoms with Gasteiger partial charge in [-0.05, 0) is 30.3 Å². The Hall–Kier alpha value is -2.73. The van der Waals surface area contributed by atoms with Crippen LogP contribution < -0.4 is 20.9 Å². The topological polar surface area (TPSA) is 79.5 Å². The molecule has 0 aliphatic heterocycles. The minimum atomic E-state index is -0.569. The summed E-state index contributed by atoms with van der Waals surface area (Å²) in [7, 11) is 1.44. The van der Waals surface area contributed by atoms with Crippen LogP contribution in [0.3, 0.4) is 0 Å². The van der Waals surface area contributed by atoms with Crippen LogP contribution in [0.15, 0.2) is 48.5 Å². The van der Waals surface area contributed by atoms with E-state index in [-0.39, 0.29) is 5.56 Å². The first-order chi connectivity index (χ1) is 10.6. The molecule has 0 aliphatic carbocycles. The molecule has 0 saturated carbocycles. The molecule has 0 aliphatic rings. The Morgan fingerprint density at radius 1 is 1.05 bits per heavy atom. The summed E-state index contributed by atoms with van der Waals surface area (Å²) in [6.07, 6.45) is 0. The second kappa shape index (κ2) is 7.33. The standard InChI is InChI=1S/C15H14ClN3O3/c1-22-13-8-7-10(16)9-12(13)14(20)18-19-15(21)17-11-5-3-2-4-6-11/h2-9H,1H3,(H,18,20)(H2,17,19,21). The van der Waals surface area contributed by atoms with Crippen LogP contribution in [-0.4, -0.2) is 19.0 Å². The van der Waals surface area contributed by atoms with E-state index >= 15 is 0 Å². The lowest BCUT2D eigenvalue weighted by molar-refractivity contribution is 0.0935. The Labute approximate surface area is 132 Å². The quantitative estimate of drug-likeness (QED) is 0.761. The molecule has 0 saturated heterocycles. The van der Waals surface area contributed by atoms with E-state index < -0.39 is 11.9 Å². The fourth-order valence-corrected chi connectivity index (χ4v) is 1.89. The zero-order valence-electron chi connectivity index (χ0n) is 11.7. The Morgan fingerprint density at radius 3 is 2.45 bits per heavy atom. The van der Waals surface area contributed by atoms with Crippen LogP contribution in [0.1, 0.15) is 10.4 Å². The summed E-state index contributed by atoms with van der Waals surface area (Å²) in [6.45, 7) is 0. The van der Waals surface area contributed by atoms with Gasteiger partial charge in [0.2, 0.25) is 0 Å². The van der Waals surface area contributed by atoms with Gasteiger partial charge in [-0.25, -0.2) is 10.2 Å². The number of carbonyl (C=O) groups excluding carboxylic acids is 2. The van der Waals surface area contributed by atoms with E-state index in [1.807, 2.05) is 6.07 Å². The van der Waals surface area contributed by atoms with Crippen molar-refractivity contribution >= 4 is 29.2 Å². The fourth-order valence-electron chi connectivity index (χ4n) is 1.72. The predicted molar refractivity (Wildman–Crippen MR) is 84.1 cm³/mol. The third-order valence-electron chi connectivity index (χ3n) is 2.73. The molecule has 2 aromatic rings. The van der Waals surface area contributed by atoms with Gasteiger partial charge >= 0.3 is 6.03 Å². The van der Waals surface area contributed by atoms with Crippen LogP contribution >= 0.6 is 11.6 Å². The number of hydrazine groups is 1. The van der Waals surface area contributed by atoms with Crippen LogP contribution in [0.25, 0.3) is 0 Å². The summed E-state index contributed by atoms with van der Waals surface area (Å²) >= 11 is 5.85. The Bertz CT molecular complexity index is 677. The molecule has 0 aromatic heterocycles. The van der Waals surface area contributed by atoms with Gasteiger partial charge in [0, 0.05) is 10.7 Å². The highest BCUT2D eigenvalue weighted by Crippen LogP contribution is 2.22. The number of para-hydroxylation sites is 1. The second-order valence-corrected chi connectivity index (χ2v) is 4.68. The first-order valence-corrected chi connectivity index (χ1v) is 6.74. The summed E-state index contributed by atoms with van der Waals surface area (Å²) in [5.74, 6) is -0.185. The van der Waals surface area contributed by atoms with Gasteiger partial charge in [-0.1, -0.05) is 29.8 Å². The van der Waals surface area contributed by atoms with Crippen molar-refractivity contribution in [3.8, 4) is 5.75 Å². The van der Waals surface area contributed by atoms with Crippen LogP contribution in [0.4, 0.5) is 10.5 Å². The summed E-state index contributed by atoms with van der Waals surface area (Å²) in [6, 6.07) is 12.9. The summed E-state index contributed by atoms with van der Waals surface area (Å²) < 4.78 is 5.08. The highest BCUT2D eigenvalue weighted by atomic mass is 35.5. The first kappa shape index (κ1) is 15.7. The molecule has 6 nitrogen and oxygen atoms in total. The van der Waals surface area contributed by atoms with E-state index in [1.165, 1.54) is 13.2 Å². The van der Waals surface area contributed by atoms with Crippen molar-refractivity contribution in [3.05, 3.63) is 59.1 Å². The van der Waals surface area contributed by atoms with Crippen LogP contribution in [0.2, 0.25) is 5.02 Å². The third-order valence-corrected chi connectivity index (χ3v) is 2.96. The lowest BCUT2D eigenvalue weighted by Gasteiger charge is -2.11. The highest BCUT2D eigenvalue weighted by Gasteiger charge is 2.13. The lowest BCUT2D eigenvalue weighted by atomic mass is 10.2. The van der Waals surface area contributed by atoms with Gasteiger partial charge in [-0.15, -0.1) is 0 Å². The minimum absolute atomic E-state index is 0.218. The van der Waals surface area contributed by atoms with Gasteiger partial charge in [-0.2, -0.15) is 0 Å². The Balaban J connectivity index is 1.95. The normalized spacial score (nSPS) is 9.73. The average molecular weight is 320 g/mol. The van der Waals surface area contributed by atoms with Crippen molar-refractivity contribution in [1.29, 1.82) is 0 Å². The predicted octanol–water partition coefficient (Wildman–Crippen LogP) is 2.82.